The monoisotopic (exact) mass is 528 g/mol. The standard InChI is InChI=1S/C28H16O11/c1-10(29)14-8-16-24(32)22-13(27(34)35)4-3-5-18(22)39-26(16)20(11(2)30)21(14)17-9-38-19-7-12(31)6-15(28(36)37)23(19)25(17)33/h3-9,31H,1-2H3,(H,34,35)(H,36,37). The second kappa shape index (κ2) is 8.77. The highest BCUT2D eigenvalue weighted by Gasteiger charge is 2.28. The molecule has 0 fully saturated rings. The van der Waals surface area contributed by atoms with E-state index in [4.69, 9.17) is 8.83 Å². The van der Waals surface area contributed by atoms with Gasteiger partial charge in [0.15, 0.2) is 11.6 Å². The third-order valence-corrected chi connectivity index (χ3v) is 6.31. The number of hydrogen-bond donors (Lipinski definition) is 3. The van der Waals surface area contributed by atoms with Gasteiger partial charge in [-0.1, -0.05) is 6.07 Å². The van der Waals surface area contributed by atoms with Crippen LogP contribution in [-0.4, -0.2) is 38.8 Å². The Morgan fingerprint density at radius 1 is 0.769 bits per heavy atom. The van der Waals surface area contributed by atoms with Crippen molar-refractivity contribution < 1.29 is 43.3 Å². The first-order chi connectivity index (χ1) is 18.4. The molecule has 0 radical (unpaired) electrons. The smallest absolute Gasteiger partial charge is 0.336 e. The van der Waals surface area contributed by atoms with Crippen LogP contribution >= 0.6 is 0 Å². The molecule has 194 valence electrons. The van der Waals surface area contributed by atoms with E-state index in [1.165, 1.54) is 18.2 Å². The predicted octanol–water partition coefficient (Wildman–Crippen LogP) is 4.23. The van der Waals surface area contributed by atoms with Crippen LogP contribution in [0.2, 0.25) is 0 Å². The lowest BCUT2D eigenvalue weighted by atomic mass is 9.88. The normalized spacial score (nSPS) is 11.2. The minimum atomic E-state index is -1.54. The van der Waals surface area contributed by atoms with Gasteiger partial charge < -0.3 is 24.2 Å². The molecular weight excluding hydrogens is 512 g/mol. The van der Waals surface area contributed by atoms with E-state index in [1.54, 1.807) is 0 Å². The number of benzene rings is 3. The molecule has 0 bridgehead atoms. The number of ketones is 2. The van der Waals surface area contributed by atoms with Crippen molar-refractivity contribution in [3.8, 4) is 16.9 Å². The van der Waals surface area contributed by atoms with Gasteiger partial charge >= 0.3 is 11.9 Å². The molecule has 3 N–H and O–H groups in total. The van der Waals surface area contributed by atoms with Gasteiger partial charge in [-0.05, 0) is 38.1 Å². The highest BCUT2D eigenvalue weighted by Crippen LogP contribution is 2.36. The first kappa shape index (κ1) is 25.1. The summed E-state index contributed by atoms with van der Waals surface area (Å²) in [6.45, 7) is 2.24. The number of Topliss-reactive ketones (excluding diaryl/α,β-unsaturated/α-hetero) is 2. The molecule has 0 saturated carbocycles. The van der Waals surface area contributed by atoms with Crippen LogP contribution < -0.4 is 10.9 Å². The van der Waals surface area contributed by atoms with Crippen molar-refractivity contribution in [3.63, 3.8) is 0 Å². The quantitative estimate of drug-likeness (QED) is 0.219. The molecule has 2 aromatic heterocycles. The summed E-state index contributed by atoms with van der Waals surface area (Å²) in [6, 6.07) is 6.88. The zero-order valence-corrected chi connectivity index (χ0v) is 20.1. The van der Waals surface area contributed by atoms with E-state index in [0.717, 1.165) is 38.3 Å². The van der Waals surface area contributed by atoms with Gasteiger partial charge in [0.1, 0.15) is 28.8 Å². The highest BCUT2D eigenvalue weighted by atomic mass is 16.4. The number of fused-ring (bicyclic) bond motifs is 3. The number of carboxylic acids is 2. The van der Waals surface area contributed by atoms with Crippen molar-refractivity contribution in [1.29, 1.82) is 0 Å². The number of carbonyl (C=O) groups is 4. The van der Waals surface area contributed by atoms with Gasteiger partial charge in [0.2, 0.25) is 10.9 Å². The zero-order chi connectivity index (χ0) is 28.3. The lowest BCUT2D eigenvalue weighted by Crippen LogP contribution is -2.16. The van der Waals surface area contributed by atoms with E-state index in [0.29, 0.717) is 0 Å². The number of rotatable bonds is 5. The summed E-state index contributed by atoms with van der Waals surface area (Å²) in [5.41, 5.74) is -4.56. The average molecular weight is 528 g/mol. The number of aromatic carboxylic acids is 2. The van der Waals surface area contributed by atoms with Crippen LogP contribution in [0.3, 0.4) is 0 Å². The molecule has 0 aliphatic rings. The molecule has 39 heavy (non-hydrogen) atoms. The Morgan fingerprint density at radius 2 is 1.44 bits per heavy atom. The van der Waals surface area contributed by atoms with Gasteiger partial charge in [0.05, 0.1) is 38.4 Å². The molecule has 0 unspecified atom stereocenters. The zero-order valence-electron chi connectivity index (χ0n) is 20.1. The van der Waals surface area contributed by atoms with Crippen LogP contribution in [0.15, 0.2) is 61.1 Å². The lowest BCUT2D eigenvalue weighted by molar-refractivity contribution is 0.0688. The fourth-order valence-electron chi connectivity index (χ4n) is 4.69. The van der Waals surface area contributed by atoms with Gasteiger partial charge in [-0.25, -0.2) is 9.59 Å². The molecule has 11 heteroatoms. The Labute approximate surface area is 216 Å². The van der Waals surface area contributed by atoms with E-state index in [1.807, 2.05) is 0 Å². The summed E-state index contributed by atoms with van der Waals surface area (Å²) in [6.07, 6.45) is 0.914. The maximum absolute atomic E-state index is 13.7. The first-order valence-corrected chi connectivity index (χ1v) is 11.3. The van der Waals surface area contributed by atoms with E-state index in [9.17, 15) is 44.1 Å². The van der Waals surface area contributed by atoms with Crippen molar-refractivity contribution in [2.75, 3.05) is 0 Å². The Morgan fingerprint density at radius 3 is 2.05 bits per heavy atom. The molecule has 2 heterocycles. The Bertz CT molecular complexity index is 2080. The number of carbonyl (C=O) groups excluding carboxylic acids is 2. The topological polar surface area (TPSA) is 189 Å². The average Bonchev–Trinajstić information content (AvgIpc) is 2.86. The SMILES string of the molecule is CC(=O)c1cc2c(=O)c3c(C(=O)O)cccc3oc2c(C(C)=O)c1-c1coc2cc(O)cc(C(=O)O)c2c1=O. The molecule has 5 rings (SSSR count). The van der Waals surface area contributed by atoms with Crippen molar-refractivity contribution in [2.45, 2.75) is 13.8 Å². The molecule has 11 nitrogen and oxygen atoms in total. The van der Waals surface area contributed by atoms with Crippen LogP contribution in [0, 0.1) is 0 Å². The van der Waals surface area contributed by atoms with Crippen LogP contribution in [0.1, 0.15) is 55.3 Å². The van der Waals surface area contributed by atoms with Gasteiger partial charge in [0, 0.05) is 17.2 Å². The van der Waals surface area contributed by atoms with Gasteiger partial charge in [0.25, 0.3) is 0 Å². The maximum atomic E-state index is 13.7. The van der Waals surface area contributed by atoms with Gasteiger partial charge in [-0.2, -0.15) is 0 Å². The maximum Gasteiger partial charge on any atom is 0.336 e. The number of hydrogen-bond acceptors (Lipinski definition) is 9. The van der Waals surface area contributed by atoms with Crippen molar-refractivity contribution >= 4 is 56.4 Å². The third kappa shape index (κ3) is 3.75. The largest absolute Gasteiger partial charge is 0.508 e. The Kier molecular flexibility index (Phi) is 5.64. The molecule has 0 saturated heterocycles. The fourth-order valence-corrected chi connectivity index (χ4v) is 4.69. The molecule has 0 amide bonds. The van der Waals surface area contributed by atoms with Gasteiger partial charge in [-0.15, -0.1) is 0 Å². The molecule has 5 aromatic rings. The minimum absolute atomic E-state index is 0.148. The Hall–Kier alpha value is -5.58. The molecule has 0 aliphatic carbocycles. The molecule has 3 aromatic carbocycles. The molecule has 0 atom stereocenters. The van der Waals surface area contributed by atoms with Crippen molar-refractivity contribution in [2.24, 2.45) is 0 Å². The molecular formula is C28H16O11. The number of aromatic hydroxyl groups is 1. The van der Waals surface area contributed by atoms with Crippen LogP contribution in [0.5, 0.6) is 5.75 Å². The summed E-state index contributed by atoms with van der Waals surface area (Å²) in [4.78, 5) is 76.6. The molecule has 0 spiro atoms. The minimum Gasteiger partial charge on any atom is -0.508 e. The molecule has 0 aliphatic heterocycles. The number of phenolic OH excluding ortho intramolecular Hbond substituents is 1. The lowest BCUT2D eigenvalue weighted by Gasteiger charge is -2.15. The summed E-state index contributed by atoms with van der Waals surface area (Å²) < 4.78 is 11.3. The third-order valence-electron chi connectivity index (χ3n) is 6.31. The summed E-state index contributed by atoms with van der Waals surface area (Å²) in [7, 11) is 0. The van der Waals surface area contributed by atoms with E-state index in [-0.39, 0.29) is 55.3 Å². The van der Waals surface area contributed by atoms with Crippen molar-refractivity contribution in [3.05, 3.63) is 85.4 Å². The summed E-state index contributed by atoms with van der Waals surface area (Å²) in [5, 5.41) is 28.1. The fraction of sp³-hybridized carbons (Fsp3) is 0.0714. The van der Waals surface area contributed by atoms with E-state index in [2.05, 4.69) is 0 Å². The van der Waals surface area contributed by atoms with Crippen LogP contribution in [0.25, 0.3) is 44.0 Å². The number of carboxylic acid groups (broad SMARTS) is 2. The predicted molar refractivity (Wildman–Crippen MR) is 137 cm³/mol. The summed E-state index contributed by atoms with van der Waals surface area (Å²) in [5.74, 6) is -4.77. The summed E-state index contributed by atoms with van der Waals surface area (Å²) >= 11 is 0. The van der Waals surface area contributed by atoms with E-state index < -0.39 is 51.1 Å². The number of phenols is 1. The second-order valence-electron chi connectivity index (χ2n) is 8.73. The highest BCUT2D eigenvalue weighted by molar-refractivity contribution is 6.18. The van der Waals surface area contributed by atoms with Gasteiger partial charge in [-0.3, -0.25) is 19.2 Å². The van der Waals surface area contributed by atoms with Crippen molar-refractivity contribution in [1.82, 2.24) is 0 Å². The van der Waals surface area contributed by atoms with Crippen LogP contribution in [0.4, 0.5) is 0 Å². The van der Waals surface area contributed by atoms with Crippen LogP contribution in [-0.2, 0) is 0 Å². The first-order valence-electron chi connectivity index (χ1n) is 11.3. The second-order valence-corrected chi connectivity index (χ2v) is 8.73. The van der Waals surface area contributed by atoms with E-state index >= 15 is 0 Å². The Balaban J connectivity index is 2.03.